The van der Waals surface area contributed by atoms with Crippen molar-refractivity contribution in [2.24, 2.45) is 5.16 Å². The summed E-state index contributed by atoms with van der Waals surface area (Å²) in [6.45, 7) is 1.59. The van der Waals surface area contributed by atoms with Crippen LogP contribution < -0.4 is 0 Å². The van der Waals surface area contributed by atoms with Crippen molar-refractivity contribution in [3.63, 3.8) is 0 Å². The molecule has 124 valence electrons. The van der Waals surface area contributed by atoms with E-state index in [1.807, 2.05) is 60.7 Å². The second kappa shape index (κ2) is 7.32. The first kappa shape index (κ1) is 16.3. The zero-order chi connectivity index (χ0) is 17.6. The molecule has 6 heteroatoms. The van der Waals surface area contributed by atoms with Crippen molar-refractivity contribution in [1.29, 1.82) is 5.26 Å². The van der Waals surface area contributed by atoms with E-state index in [4.69, 9.17) is 4.84 Å². The topological polar surface area (TPSA) is 94.3 Å². The van der Waals surface area contributed by atoms with E-state index in [9.17, 15) is 10.4 Å². The van der Waals surface area contributed by atoms with Crippen LogP contribution >= 0.6 is 0 Å². The molecular formula is C19H16N4O2. The summed E-state index contributed by atoms with van der Waals surface area (Å²) in [7, 11) is 0. The van der Waals surface area contributed by atoms with E-state index >= 15 is 0 Å². The Bertz CT molecular complexity index is 948. The van der Waals surface area contributed by atoms with Gasteiger partial charge in [-0.3, -0.25) is 0 Å². The van der Waals surface area contributed by atoms with Crippen LogP contribution in [0.3, 0.4) is 0 Å². The largest absolute Gasteiger partial charge is 0.507 e. The van der Waals surface area contributed by atoms with Gasteiger partial charge in [-0.15, -0.1) is 0 Å². The van der Waals surface area contributed by atoms with Crippen molar-refractivity contribution in [3.05, 3.63) is 71.7 Å². The standard InChI is InChI=1S/C19H16N4O2/c1-13(14-7-3-2-4-8-14)23-25-12-18(24)15(11-20)19-21-16-9-5-6-10-17(16)22-19/h2-10,24H,12H2,1H3,(H,21,22)/b18-15-,23-13+. The molecule has 2 N–H and O–H groups in total. The number of nitrogens with one attached hydrogen (secondary N) is 1. The number of fused-ring (bicyclic) bond motifs is 1. The van der Waals surface area contributed by atoms with Crippen LogP contribution in [0.15, 0.2) is 65.5 Å². The molecule has 0 fully saturated rings. The zero-order valence-electron chi connectivity index (χ0n) is 13.6. The maximum atomic E-state index is 10.2. The van der Waals surface area contributed by atoms with Gasteiger partial charge in [0.05, 0.1) is 16.7 Å². The number of aliphatic hydroxyl groups is 1. The molecule has 0 aliphatic carbocycles. The Labute approximate surface area is 144 Å². The summed E-state index contributed by atoms with van der Waals surface area (Å²) in [5, 5.41) is 23.5. The minimum Gasteiger partial charge on any atom is -0.507 e. The van der Waals surface area contributed by atoms with Gasteiger partial charge in [0.15, 0.2) is 18.2 Å². The SMILES string of the molecule is C/C(=N\OC/C(O)=C(\C#N)c1nc2ccccc2[nH]1)c1ccccc1. The summed E-state index contributed by atoms with van der Waals surface area (Å²) >= 11 is 0. The average molecular weight is 332 g/mol. The summed E-state index contributed by atoms with van der Waals surface area (Å²) in [4.78, 5) is 12.5. The van der Waals surface area contributed by atoms with Gasteiger partial charge in [0.2, 0.25) is 0 Å². The van der Waals surface area contributed by atoms with E-state index < -0.39 is 0 Å². The lowest BCUT2D eigenvalue weighted by Gasteiger charge is -2.03. The molecule has 0 saturated heterocycles. The molecule has 3 rings (SSSR count). The van der Waals surface area contributed by atoms with Crippen molar-refractivity contribution in [1.82, 2.24) is 9.97 Å². The van der Waals surface area contributed by atoms with Crippen LogP contribution in [0.4, 0.5) is 0 Å². The molecule has 1 aromatic heterocycles. The summed E-state index contributed by atoms with van der Waals surface area (Å²) in [5.74, 6) is 0.0692. The molecule has 3 aromatic rings. The van der Waals surface area contributed by atoms with E-state index in [0.29, 0.717) is 11.5 Å². The summed E-state index contributed by atoms with van der Waals surface area (Å²) < 4.78 is 0. The van der Waals surface area contributed by atoms with Gasteiger partial charge >= 0.3 is 0 Å². The van der Waals surface area contributed by atoms with Crippen LogP contribution in [0.5, 0.6) is 0 Å². The maximum Gasteiger partial charge on any atom is 0.175 e. The molecule has 0 aliphatic heterocycles. The van der Waals surface area contributed by atoms with Crippen molar-refractivity contribution in [2.45, 2.75) is 6.92 Å². The molecule has 0 spiro atoms. The number of nitriles is 1. The fraction of sp³-hybridized carbons (Fsp3) is 0.105. The average Bonchev–Trinajstić information content (AvgIpc) is 3.06. The fourth-order valence-electron chi connectivity index (χ4n) is 2.32. The summed E-state index contributed by atoms with van der Waals surface area (Å²) in [6.07, 6.45) is 0. The minimum absolute atomic E-state index is 0.0313. The van der Waals surface area contributed by atoms with Crippen LogP contribution in [0.1, 0.15) is 18.3 Å². The van der Waals surface area contributed by atoms with Crippen molar-refractivity contribution < 1.29 is 9.94 Å². The van der Waals surface area contributed by atoms with E-state index in [-0.39, 0.29) is 17.9 Å². The highest BCUT2D eigenvalue weighted by Gasteiger charge is 2.13. The first-order valence-corrected chi connectivity index (χ1v) is 7.68. The molecule has 0 atom stereocenters. The van der Waals surface area contributed by atoms with Crippen LogP contribution in [-0.4, -0.2) is 27.4 Å². The Morgan fingerprint density at radius 3 is 2.64 bits per heavy atom. The Morgan fingerprint density at radius 2 is 1.92 bits per heavy atom. The monoisotopic (exact) mass is 332 g/mol. The molecule has 0 bridgehead atoms. The third-order valence-corrected chi connectivity index (χ3v) is 3.62. The molecule has 1 heterocycles. The van der Waals surface area contributed by atoms with Crippen molar-refractivity contribution in [2.75, 3.05) is 6.61 Å². The van der Waals surface area contributed by atoms with E-state index in [1.54, 1.807) is 6.92 Å². The Balaban J connectivity index is 1.77. The first-order valence-electron chi connectivity index (χ1n) is 7.68. The van der Waals surface area contributed by atoms with Gasteiger partial charge in [-0.1, -0.05) is 47.6 Å². The molecule has 0 radical (unpaired) electrons. The number of oxime groups is 1. The number of para-hydroxylation sites is 2. The molecule has 0 saturated carbocycles. The summed E-state index contributed by atoms with van der Waals surface area (Å²) in [5.41, 5.74) is 3.14. The number of allylic oxidation sites excluding steroid dienone is 1. The minimum atomic E-state index is -0.230. The molecule has 0 amide bonds. The van der Waals surface area contributed by atoms with Crippen LogP contribution in [0.25, 0.3) is 16.6 Å². The lowest BCUT2D eigenvalue weighted by Crippen LogP contribution is -2.01. The van der Waals surface area contributed by atoms with Gasteiger partial charge in [-0.25, -0.2) is 4.98 Å². The van der Waals surface area contributed by atoms with Crippen LogP contribution in [0.2, 0.25) is 0 Å². The predicted octanol–water partition coefficient (Wildman–Crippen LogP) is 3.80. The van der Waals surface area contributed by atoms with Gasteiger partial charge in [-0.2, -0.15) is 5.26 Å². The number of nitrogens with zero attached hydrogens (tertiary/aromatic N) is 3. The molecule has 6 nitrogen and oxygen atoms in total. The molecule has 2 aromatic carbocycles. The molecular weight excluding hydrogens is 316 g/mol. The van der Waals surface area contributed by atoms with Gasteiger partial charge in [-0.05, 0) is 24.6 Å². The molecule has 0 unspecified atom stereocenters. The quantitative estimate of drug-likeness (QED) is 0.321. The van der Waals surface area contributed by atoms with Gasteiger partial charge in [0.1, 0.15) is 11.6 Å². The Hall–Kier alpha value is -3.59. The number of rotatable bonds is 5. The zero-order valence-corrected chi connectivity index (χ0v) is 13.6. The number of aliphatic hydroxyl groups excluding tert-OH is 1. The lowest BCUT2D eigenvalue weighted by molar-refractivity contribution is 0.137. The van der Waals surface area contributed by atoms with Crippen molar-refractivity contribution >= 4 is 22.3 Å². The number of benzene rings is 2. The smallest absolute Gasteiger partial charge is 0.175 e. The van der Waals surface area contributed by atoms with Gasteiger partial charge < -0.3 is 14.9 Å². The highest BCUT2D eigenvalue weighted by molar-refractivity contribution is 5.98. The van der Waals surface area contributed by atoms with E-state index in [1.165, 1.54) is 0 Å². The third kappa shape index (κ3) is 3.67. The van der Waals surface area contributed by atoms with Gasteiger partial charge in [0, 0.05) is 0 Å². The summed E-state index contributed by atoms with van der Waals surface area (Å²) in [6, 6.07) is 18.9. The Kier molecular flexibility index (Phi) is 4.77. The predicted molar refractivity (Wildman–Crippen MR) is 95.9 cm³/mol. The lowest BCUT2D eigenvalue weighted by atomic mass is 10.1. The molecule has 25 heavy (non-hydrogen) atoms. The number of hydrogen-bond acceptors (Lipinski definition) is 5. The number of imidazole rings is 1. The number of hydrogen-bond donors (Lipinski definition) is 2. The van der Waals surface area contributed by atoms with Gasteiger partial charge in [0.25, 0.3) is 0 Å². The fourth-order valence-corrected chi connectivity index (χ4v) is 2.32. The Morgan fingerprint density at radius 1 is 1.20 bits per heavy atom. The maximum absolute atomic E-state index is 10.2. The van der Waals surface area contributed by atoms with Crippen LogP contribution in [0, 0.1) is 11.3 Å². The highest BCUT2D eigenvalue weighted by Crippen LogP contribution is 2.18. The number of H-pyrrole nitrogens is 1. The second-order valence-corrected chi connectivity index (χ2v) is 5.35. The normalized spacial score (nSPS) is 12.6. The molecule has 0 aliphatic rings. The van der Waals surface area contributed by atoms with E-state index in [2.05, 4.69) is 15.1 Å². The first-order chi connectivity index (χ1) is 12.2. The highest BCUT2D eigenvalue weighted by atomic mass is 16.6. The van der Waals surface area contributed by atoms with E-state index in [0.717, 1.165) is 16.6 Å². The number of aromatic amines is 1. The third-order valence-electron chi connectivity index (χ3n) is 3.62. The van der Waals surface area contributed by atoms with Crippen LogP contribution in [-0.2, 0) is 4.84 Å². The van der Waals surface area contributed by atoms with Crippen molar-refractivity contribution in [3.8, 4) is 6.07 Å². The second-order valence-electron chi connectivity index (χ2n) is 5.35. The number of aromatic nitrogens is 2.